The van der Waals surface area contributed by atoms with E-state index in [1.54, 1.807) is 0 Å². The third kappa shape index (κ3) is 3.59. The van der Waals surface area contributed by atoms with Crippen LogP contribution in [0.5, 0.6) is 5.75 Å². The van der Waals surface area contributed by atoms with Crippen molar-refractivity contribution in [1.82, 2.24) is 0 Å². The van der Waals surface area contributed by atoms with Gasteiger partial charge in [-0.3, -0.25) is 4.79 Å². The first-order valence-corrected chi connectivity index (χ1v) is 7.30. The first-order valence-electron chi connectivity index (χ1n) is 7.30. The Morgan fingerprint density at radius 1 is 1.26 bits per heavy atom. The highest BCUT2D eigenvalue weighted by molar-refractivity contribution is 5.79. The van der Waals surface area contributed by atoms with E-state index in [9.17, 15) is 4.79 Å². The van der Waals surface area contributed by atoms with Crippen molar-refractivity contribution in [3.63, 3.8) is 0 Å². The Balaban J connectivity index is 2.00. The average Bonchev–Trinajstić information content (AvgIpc) is 2.39. The number of carbonyl (C=O) groups excluding carboxylic acids is 1. The molecule has 1 aromatic rings. The van der Waals surface area contributed by atoms with Gasteiger partial charge < -0.3 is 4.74 Å². The summed E-state index contributed by atoms with van der Waals surface area (Å²) in [4.78, 5) is 11.4. The van der Waals surface area contributed by atoms with Gasteiger partial charge >= 0.3 is 0 Å². The monoisotopic (exact) mass is 260 g/mol. The molecule has 1 fully saturated rings. The summed E-state index contributed by atoms with van der Waals surface area (Å²) in [5.41, 5.74) is 1.54. The molecule has 1 aliphatic rings. The van der Waals surface area contributed by atoms with Crippen molar-refractivity contribution in [3.8, 4) is 5.75 Å². The minimum atomic E-state index is 0.0753. The lowest BCUT2D eigenvalue weighted by Crippen LogP contribution is -2.25. The molecule has 1 unspecified atom stereocenters. The Morgan fingerprint density at radius 2 is 1.95 bits per heavy atom. The van der Waals surface area contributed by atoms with Crippen LogP contribution in [-0.2, 0) is 10.2 Å². The van der Waals surface area contributed by atoms with E-state index in [-0.39, 0.29) is 11.5 Å². The first-order chi connectivity index (χ1) is 9.01. The van der Waals surface area contributed by atoms with Crippen molar-refractivity contribution in [1.29, 1.82) is 0 Å². The van der Waals surface area contributed by atoms with E-state index < -0.39 is 0 Å². The highest BCUT2D eigenvalue weighted by atomic mass is 16.5. The van der Waals surface area contributed by atoms with Gasteiger partial charge in [0.2, 0.25) is 0 Å². The topological polar surface area (TPSA) is 26.3 Å². The minimum Gasteiger partial charge on any atom is -0.490 e. The van der Waals surface area contributed by atoms with Crippen LogP contribution in [0.2, 0.25) is 0 Å². The molecule has 0 aromatic heterocycles. The normalized spacial score (nSPS) is 20.4. The molecule has 2 rings (SSSR count). The van der Waals surface area contributed by atoms with Crippen LogP contribution in [0.4, 0.5) is 0 Å². The highest BCUT2D eigenvalue weighted by Gasteiger charge is 2.21. The van der Waals surface area contributed by atoms with Crippen molar-refractivity contribution >= 4 is 5.78 Å². The molecular weight excluding hydrogens is 236 g/mol. The van der Waals surface area contributed by atoms with Gasteiger partial charge in [0, 0.05) is 12.8 Å². The van der Waals surface area contributed by atoms with Crippen molar-refractivity contribution < 1.29 is 9.53 Å². The van der Waals surface area contributed by atoms with Crippen LogP contribution in [0.15, 0.2) is 24.3 Å². The maximum absolute atomic E-state index is 11.4. The number of Topliss-reactive ketones (excluding diaryl/α,β-unsaturated/α-hetero) is 1. The second kappa shape index (κ2) is 5.77. The molecule has 1 aliphatic carbocycles. The van der Waals surface area contributed by atoms with Crippen LogP contribution >= 0.6 is 0 Å². The van der Waals surface area contributed by atoms with Crippen molar-refractivity contribution in [2.24, 2.45) is 0 Å². The van der Waals surface area contributed by atoms with Gasteiger partial charge in [0.1, 0.15) is 17.6 Å². The molecule has 0 radical (unpaired) electrons. The minimum absolute atomic E-state index is 0.0753. The molecule has 0 bridgehead atoms. The molecule has 1 aromatic carbocycles. The molecule has 0 saturated heterocycles. The highest BCUT2D eigenvalue weighted by Crippen LogP contribution is 2.29. The number of benzene rings is 1. The average molecular weight is 260 g/mol. The third-order valence-corrected chi connectivity index (χ3v) is 4.26. The fraction of sp³-hybridized carbons (Fsp3) is 0.588. The van der Waals surface area contributed by atoms with Crippen molar-refractivity contribution in [2.75, 3.05) is 0 Å². The number of hydrogen-bond donors (Lipinski definition) is 0. The predicted octanol–water partition coefficient (Wildman–Crippen LogP) is 4.26. The predicted molar refractivity (Wildman–Crippen MR) is 77.7 cm³/mol. The Labute approximate surface area is 116 Å². The Hall–Kier alpha value is -1.31. The van der Waals surface area contributed by atoms with E-state index in [4.69, 9.17) is 4.74 Å². The molecule has 2 nitrogen and oxygen atoms in total. The molecule has 0 aliphatic heterocycles. The molecule has 19 heavy (non-hydrogen) atoms. The molecular formula is C17H24O2. The summed E-state index contributed by atoms with van der Waals surface area (Å²) in [6.07, 6.45) is 4.44. The van der Waals surface area contributed by atoms with Crippen molar-refractivity contribution in [3.05, 3.63) is 29.8 Å². The zero-order chi connectivity index (χ0) is 13.9. The molecule has 0 heterocycles. The molecule has 1 atom stereocenters. The molecule has 0 spiro atoms. The van der Waals surface area contributed by atoms with E-state index >= 15 is 0 Å². The number of ether oxygens (including phenoxy) is 1. The quantitative estimate of drug-likeness (QED) is 0.808. The number of carbonyl (C=O) groups is 1. The van der Waals surface area contributed by atoms with Gasteiger partial charge in [-0.15, -0.1) is 0 Å². The summed E-state index contributed by atoms with van der Waals surface area (Å²) in [7, 11) is 0. The molecule has 0 N–H and O–H groups in total. The zero-order valence-corrected chi connectivity index (χ0v) is 12.2. The lowest BCUT2D eigenvalue weighted by atomic mass is 9.82. The standard InChI is InChI=1S/C17H24O2/c1-4-17(2,3)13-8-10-15(11-9-13)19-16-7-5-6-14(18)12-16/h8-11,16H,4-7,12H2,1-3H3. The van der Waals surface area contributed by atoms with Crippen LogP contribution in [0, 0.1) is 0 Å². The van der Waals surface area contributed by atoms with E-state index in [0.29, 0.717) is 12.2 Å². The van der Waals surface area contributed by atoms with E-state index in [1.807, 2.05) is 12.1 Å². The SMILES string of the molecule is CCC(C)(C)c1ccc(OC2CCCC(=O)C2)cc1. The smallest absolute Gasteiger partial charge is 0.136 e. The van der Waals surface area contributed by atoms with Gasteiger partial charge in [-0.2, -0.15) is 0 Å². The van der Waals surface area contributed by atoms with Gasteiger partial charge in [0.15, 0.2) is 0 Å². The molecule has 104 valence electrons. The number of ketones is 1. The van der Waals surface area contributed by atoms with Gasteiger partial charge in [0.05, 0.1) is 0 Å². The summed E-state index contributed by atoms with van der Waals surface area (Å²) in [5.74, 6) is 1.22. The fourth-order valence-corrected chi connectivity index (χ4v) is 2.47. The second-order valence-electron chi connectivity index (χ2n) is 6.14. The number of hydrogen-bond acceptors (Lipinski definition) is 2. The maximum atomic E-state index is 11.4. The van der Waals surface area contributed by atoms with Crippen LogP contribution < -0.4 is 4.74 Å². The Kier molecular flexibility index (Phi) is 4.28. The van der Waals surface area contributed by atoms with Gasteiger partial charge in [-0.05, 0) is 42.4 Å². The Bertz CT molecular complexity index is 431. The first kappa shape index (κ1) is 14.1. The summed E-state index contributed by atoms with van der Waals surface area (Å²) in [6, 6.07) is 8.35. The van der Waals surface area contributed by atoms with E-state index in [1.165, 1.54) is 5.56 Å². The van der Waals surface area contributed by atoms with Gasteiger partial charge in [-0.25, -0.2) is 0 Å². The molecule has 2 heteroatoms. The summed E-state index contributed by atoms with van der Waals surface area (Å²) in [6.45, 7) is 6.71. The lowest BCUT2D eigenvalue weighted by Gasteiger charge is -2.25. The van der Waals surface area contributed by atoms with Crippen LogP contribution in [0.3, 0.4) is 0 Å². The van der Waals surface area contributed by atoms with Gasteiger partial charge in [-0.1, -0.05) is 32.9 Å². The van der Waals surface area contributed by atoms with E-state index in [2.05, 4.69) is 32.9 Å². The fourth-order valence-electron chi connectivity index (χ4n) is 2.47. The molecule has 0 amide bonds. The largest absolute Gasteiger partial charge is 0.490 e. The van der Waals surface area contributed by atoms with Crippen LogP contribution in [0.25, 0.3) is 0 Å². The van der Waals surface area contributed by atoms with Crippen molar-refractivity contribution in [2.45, 2.75) is 64.4 Å². The molecule has 1 saturated carbocycles. The second-order valence-corrected chi connectivity index (χ2v) is 6.14. The lowest BCUT2D eigenvalue weighted by molar-refractivity contribution is -0.122. The summed E-state index contributed by atoms with van der Waals surface area (Å²) in [5, 5.41) is 0. The van der Waals surface area contributed by atoms with E-state index in [0.717, 1.165) is 31.4 Å². The third-order valence-electron chi connectivity index (χ3n) is 4.26. The maximum Gasteiger partial charge on any atom is 0.136 e. The zero-order valence-electron chi connectivity index (χ0n) is 12.2. The summed E-state index contributed by atoms with van der Waals surface area (Å²) < 4.78 is 5.91. The van der Waals surface area contributed by atoms with Gasteiger partial charge in [0.25, 0.3) is 0 Å². The summed E-state index contributed by atoms with van der Waals surface area (Å²) >= 11 is 0. The van der Waals surface area contributed by atoms with Crippen LogP contribution in [-0.4, -0.2) is 11.9 Å². The Morgan fingerprint density at radius 3 is 2.53 bits per heavy atom. The number of rotatable bonds is 4. The van der Waals surface area contributed by atoms with Crippen LogP contribution in [0.1, 0.15) is 58.4 Å².